The number of fused-ring (bicyclic) bond motifs is 2. The van der Waals surface area contributed by atoms with Crippen molar-refractivity contribution in [1.82, 2.24) is 4.98 Å². The van der Waals surface area contributed by atoms with Crippen molar-refractivity contribution in [3.8, 4) is 0 Å². The van der Waals surface area contributed by atoms with Crippen LogP contribution < -0.4 is 5.43 Å². The summed E-state index contributed by atoms with van der Waals surface area (Å²) in [7, 11) is 0. The van der Waals surface area contributed by atoms with Gasteiger partial charge in [0, 0.05) is 0 Å². The second-order valence-electron chi connectivity index (χ2n) is 7.07. The molecular formula is C21H21NO4. The minimum atomic E-state index is -0.410. The average molecular weight is 351 g/mol. The van der Waals surface area contributed by atoms with Crippen LogP contribution in [0.3, 0.4) is 0 Å². The summed E-state index contributed by atoms with van der Waals surface area (Å²) < 4.78 is 11.4. The molecule has 1 aliphatic rings. The molecule has 0 radical (unpaired) electrons. The Labute approximate surface area is 151 Å². The zero-order valence-electron chi connectivity index (χ0n) is 15.0. The van der Waals surface area contributed by atoms with Gasteiger partial charge in [0.2, 0.25) is 11.1 Å². The molecular weight excluding hydrogens is 330 g/mol. The maximum Gasteiger partial charge on any atom is 0.340 e. The average Bonchev–Trinajstić information content (AvgIpc) is 2.63. The zero-order valence-corrected chi connectivity index (χ0v) is 15.0. The lowest BCUT2D eigenvalue weighted by molar-refractivity contribution is 0.0210. The normalized spacial score (nSPS) is 15.5. The topological polar surface area (TPSA) is 69.4 Å². The highest BCUT2D eigenvalue weighted by molar-refractivity contribution is 5.96. The Bertz CT molecular complexity index is 1060. The summed E-state index contributed by atoms with van der Waals surface area (Å²) in [6.07, 6.45) is 5.12. The number of pyridine rings is 1. The quantitative estimate of drug-likeness (QED) is 0.504. The molecule has 0 bridgehead atoms. The molecule has 5 heteroatoms. The van der Waals surface area contributed by atoms with Crippen LogP contribution in [0.5, 0.6) is 0 Å². The van der Waals surface area contributed by atoms with Crippen molar-refractivity contribution in [2.45, 2.75) is 52.1 Å². The Kier molecular flexibility index (Phi) is 4.23. The molecule has 134 valence electrons. The first-order chi connectivity index (χ1) is 12.5. The highest BCUT2D eigenvalue weighted by Crippen LogP contribution is 2.24. The number of esters is 1. The summed E-state index contributed by atoms with van der Waals surface area (Å²) in [5.74, 6) is -0.410. The van der Waals surface area contributed by atoms with Gasteiger partial charge in [0.15, 0.2) is 0 Å². The Morgan fingerprint density at radius 1 is 1.12 bits per heavy atom. The molecule has 0 spiro atoms. The van der Waals surface area contributed by atoms with Gasteiger partial charge in [0.25, 0.3) is 0 Å². The van der Waals surface area contributed by atoms with Crippen molar-refractivity contribution < 1.29 is 13.9 Å². The second kappa shape index (κ2) is 6.56. The minimum Gasteiger partial charge on any atom is -0.459 e. The zero-order chi connectivity index (χ0) is 18.3. The number of carbonyl (C=O) groups excluding carboxylic acids is 1. The van der Waals surface area contributed by atoms with E-state index in [1.807, 2.05) is 13.0 Å². The molecule has 2 heterocycles. The number of aromatic nitrogens is 1. The van der Waals surface area contributed by atoms with Crippen LogP contribution in [-0.2, 0) is 4.74 Å². The molecule has 2 aromatic heterocycles. The van der Waals surface area contributed by atoms with Crippen molar-refractivity contribution >= 4 is 28.0 Å². The van der Waals surface area contributed by atoms with Crippen LogP contribution in [-0.4, -0.2) is 17.1 Å². The summed E-state index contributed by atoms with van der Waals surface area (Å²) in [6.45, 7) is 3.65. The molecule has 1 saturated carbocycles. The van der Waals surface area contributed by atoms with Crippen molar-refractivity contribution in [2.24, 2.45) is 0 Å². The third-order valence-electron chi connectivity index (χ3n) is 5.05. The number of ether oxygens (including phenoxy) is 1. The Hall–Kier alpha value is -2.69. The SMILES string of the molecule is Cc1ccc2oc3nc(C)c(C(=O)OC4CCCCC4)cc3c(=O)c2c1. The number of benzene rings is 1. The highest BCUT2D eigenvalue weighted by atomic mass is 16.5. The number of hydrogen-bond donors (Lipinski definition) is 0. The minimum absolute atomic E-state index is 0.0398. The maximum atomic E-state index is 12.9. The smallest absolute Gasteiger partial charge is 0.340 e. The fourth-order valence-corrected chi connectivity index (χ4v) is 3.59. The standard InChI is InChI=1S/C21H21NO4/c1-12-8-9-18-16(10-12)19(23)17-11-15(13(2)22-20(17)26-18)21(24)25-14-6-4-3-5-7-14/h8-11,14H,3-7H2,1-2H3. The molecule has 0 N–H and O–H groups in total. The van der Waals surface area contributed by atoms with Gasteiger partial charge in [-0.15, -0.1) is 0 Å². The van der Waals surface area contributed by atoms with Gasteiger partial charge in [-0.3, -0.25) is 4.79 Å². The van der Waals surface area contributed by atoms with Crippen LogP contribution in [0.2, 0.25) is 0 Å². The molecule has 0 saturated heterocycles. The third kappa shape index (κ3) is 2.98. The van der Waals surface area contributed by atoms with E-state index < -0.39 is 5.97 Å². The predicted molar refractivity (Wildman–Crippen MR) is 99.5 cm³/mol. The van der Waals surface area contributed by atoms with Gasteiger partial charge >= 0.3 is 5.97 Å². The van der Waals surface area contributed by atoms with Crippen molar-refractivity contribution in [3.05, 3.63) is 51.3 Å². The Morgan fingerprint density at radius 2 is 1.88 bits per heavy atom. The van der Waals surface area contributed by atoms with Crippen molar-refractivity contribution in [1.29, 1.82) is 0 Å². The van der Waals surface area contributed by atoms with E-state index in [2.05, 4.69) is 4.98 Å². The van der Waals surface area contributed by atoms with Gasteiger partial charge in [0.1, 0.15) is 11.7 Å². The van der Waals surface area contributed by atoms with Gasteiger partial charge in [-0.1, -0.05) is 18.1 Å². The molecule has 4 rings (SSSR count). The molecule has 5 nitrogen and oxygen atoms in total. The van der Waals surface area contributed by atoms with E-state index in [0.717, 1.165) is 31.2 Å². The number of nitrogens with zero attached hydrogens (tertiary/aromatic N) is 1. The number of hydrogen-bond acceptors (Lipinski definition) is 5. The molecule has 0 atom stereocenters. The first kappa shape index (κ1) is 16.8. The van der Waals surface area contributed by atoms with Crippen LogP contribution >= 0.6 is 0 Å². The largest absolute Gasteiger partial charge is 0.459 e. The summed E-state index contributed by atoms with van der Waals surface area (Å²) in [4.78, 5) is 29.8. The lowest BCUT2D eigenvalue weighted by Gasteiger charge is -2.22. The first-order valence-corrected chi connectivity index (χ1v) is 9.09. The number of carbonyl (C=O) groups is 1. The van der Waals surface area contributed by atoms with Crippen LogP contribution in [0, 0.1) is 13.8 Å². The van der Waals surface area contributed by atoms with Gasteiger partial charge in [-0.05, 0) is 57.7 Å². The first-order valence-electron chi connectivity index (χ1n) is 9.09. The summed E-state index contributed by atoms with van der Waals surface area (Å²) in [5, 5.41) is 0.805. The lowest BCUT2D eigenvalue weighted by atomic mass is 9.98. The van der Waals surface area contributed by atoms with Crippen LogP contribution in [0.15, 0.2) is 33.5 Å². The lowest BCUT2D eigenvalue weighted by Crippen LogP contribution is -2.22. The van der Waals surface area contributed by atoms with Crippen LogP contribution in [0.1, 0.15) is 53.7 Å². The summed E-state index contributed by atoms with van der Waals surface area (Å²) in [6, 6.07) is 7.02. The molecule has 1 fully saturated rings. The molecule has 1 aliphatic carbocycles. The fraction of sp³-hybridized carbons (Fsp3) is 0.381. The van der Waals surface area contributed by atoms with E-state index in [9.17, 15) is 9.59 Å². The second-order valence-corrected chi connectivity index (χ2v) is 7.07. The summed E-state index contributed by atoms with van der Waals surface area (Å²) in [5.41, 5.74) is 2.39. The number of aryl methyl sites for hydroxylation is 2. The van der Waals surface area contributed by atoms with E-state index in [1.165, 1.54) is 6.42 Å². The molecule has 3 aromatic rings. The third-order valence-corrected chi connectivity index (χ3v) is 5.05. The van der Waals surface area contributed by atoms with Crippen molar-refractivity contribution in [2.75, 3.05) is 0 Å². The van der Waals surface area contributed by atoms with E-state index in [1.54, 1.807) is 25.1 Å². The molecule has 0 amide bonds. The van der Waals surface area contributed by atoms with Gasteiger partial charge in [-0.2, -0.15) is 0 Å². The predicted octanol–water partition coefficient (Wildman–Crippen LogP) is 4.45. The molecule has 0 aliphatic heterocycles. The Balaban J connectivity index is 1.79. The van der Waals surface area contributed by atoms with Gasteiger partial charge in [0.05, 0.1) is 22.0 Å². The fourth-order valence-electron chi connectivity index (χ4n) is 3.59. The Morgan fingerprint density at radius 3 is 2.65 bits per heavy atom. The van der Waals surface area contributed by atoms with Crippen LogP contribution in [0.4, 0.5) is 0 Å². The van der Waals surface area contributed by atoms with Crippen LogP contribution in [0.25, 0.3) is 22.1 Å². The van der Waals surface area contributed by atoms with Gasteiger partial charge < -0.3 is 9.15 Å². The van der Waals surface area contributed by atoms with E-state index in [0.29, 0.717) is 27.6 Å². The summed E-state index contributed by atoms with van der Waals surface area (Å²) >= 11 is 0. The van der Waals surface area contributed by atoms with E-state index >= 15 is 0 Å². The molecule has 0 unspecified atom stereocenters. The highest BCUT2D eigenvalue weighted by Gasteiger charge is 2.22. The molecule has 26 heavy (non-hydrogen) atoms. The number of rotatable bonds is 2. The molecule has 1 aromatic carbocycles. The van der Waals surface area contributed by atoms with Gasteiger partial charge in [-0.25, -0.2) is 9.78 Å². The monoisotopic (exact) mass is 351 g/mol. The van der Waals surface area contributed by atoms with E-state index in [4.69, 9.17) is 9.15 Å². The maximum absolute atomic E-state index is 12.9. The van der Waals surface area contributed by atoms with E-state index in [-0.39, 0.29) is 17.2 Å². The van der Waals surface area contributed by atoms with Crippen molar-refractivity contribution in [3.63, 3.8) is 0 Å².